The number of benzene rings is 1. The van der Waals surface area contributed by atoms with Crippen molar-refractivity contribution in [1.82, 2.24) is 9.88 Å². The summed E-state index contributed by atoms with van der Waals surface area (Å²) < 4.78 is 0. The quantitative estimate of drug-likeness (QED) is 0.682. The Morgan fingerprint density at radius 3 is 2.40 bits per heavy atom. The zero-order valence-corrected chi connectivity index (χ0v) is 18.8. The van der Waals surface area contributed by atoms with Crippen LogP contribution >= 0.6 is 37.2 Å². The van der Waals surface area contributed by atoms with Gasteiger partial charge in [-0.3, -0.25) is 9.69 Å². The van der Waals surface area contributed by atoms with Crippen molar-refractivity contribution in [2.75, 3.05) is 42.9 Å². The van der Waals surface area contributed by atoms with Gasteiger partial charge in [0, 0.05) is 57.1 Å². The molecule has 1 aromatic heterocycles. The Bertz CT molecular complexity index is 928. The van der Waals surface area contributed by atoms with Crippen LogP contribution in [-0.4, -0.2) is 59.6 Å². The van der Waals surface area contributed by atoms with Crippen LogP contribution in [0.5, 0.6) is 0 Å². The molecule has 2 N–H and O–H groups in total. The summed E-state index contributed by atoms with van der Waals surface area (Å²) in [5, 5.41) is 21.5. The summed E-state index contributed by atoms with van der Waals surface area (Å²) in [6, 6.07) is 8.82. The van der Waals surface area contributed by atoms with Crippen molar-refractivity contribution in [3.8, 4) is 6.07 Å². The molecule has 1 aliphatic rings. The lowest BCUT2D eigenvalue weighted by atomic mass is 10.1. The Balaban J connectivity index is 0.00000280. The number of carboxylic acids is 1. The van der Waals surface area contributed by atoms with E-state index in [4.69, 9.17) is 5.26 Å². The molecule has 0 unspecified atom stereocenters. The first-order chi connectivity index (χ1) is 13.0. The maximum Gasteiger partial charge on any atom is 0.336 e. The van der Waals surface area contributed by atoms with Crippen molar-refractivity contribution >= 4 is 71.5 Å². The lowest BCUT2D eigenvalue weighted by Crippen LogP contribution is -2.46. The minimum Gasteiger partial charge on any atom is -0.478 e. The smallest absolute Gasteiger partial charge is 0.336 e. The number of anilines is 2. The highest BCUT2D eigenvalue weighted by atomic mass is 35.5. The van der Waals surface area contributed by atoms with Crippen molar-refractivity contribution < 1.29 is 14.7 Å². The number of pyridine rings is 1. The second kappa shape index (κ2) is 12.4. The maximum atomic E-state index is 11.8. The Morgan fingerprint density at radius 2 is 1.83 bits per heavy atom. The maximum absolute atomic E-state index is 11.8. The highest BCUT2D eigenvalue weighted by Crippen LogP contribution is 2.26. The second-order valence-corrected chi connectivity index (χ2v) is 6.48. The number of hydrogen-bond acceptors (Lipinski definition) is 6. The van der Waals surface area contributed by atoms with Crippen LogP contribution in [0, 0.1) is 11.3 Å². The molecule has 0 aliphatic carbocycles. The molecule has 1 aliphatic heterocycles. The van der Waals surface area contributed by atoms with Gasteiger partial charge >= 0.3 is 5.97 Å². The zero-order valence-electron chi connectivity index (χ0n) is 16.3. The van der Waals surface area contributed by atoms with E-state index in [9.17, 15) is 14.7 Å². The molecular weight excluding hydrogens is 453 g/mol. The molecule has 1 fully saturated rings. The van der Waals surface area contributed by atoms with Crippen LogP contribution < -0.4 is 10.2 Å². The van der Waals surface area contributed by atoms with Gasteiger partial charge in [-0.15, -0.1) is 37.2 Å². The summed E-state index contributed by atoms with van der Waals surface area (Å²) in [5.41, 5.74) is 1.28. The molecule has 1 aromatic carbocycles. The Labute approximate surface area is 193 Å². The van der Waals surface area contributed by atoms with Crippen LogP contribution in [0.1, 0.15) is 23.7 Å². The summed E-state index contributed by atoms with van der Waals surface area (Å²) in [6.45, 7) is 5.23. The van der Waals surface area contributed by atoms with Crippen LogP contribution in [0.2, 0.25) is 0 Å². The number of aromatic nitrogens is 1. The first kappa shape index (κ1) is 27.7. The molecule has 1 amide bonds. The van der Waals surface area contributed by atoms with E-state index in [2.05, 4.69) is 26.2 Å². The van der Waals surface area contributed by atoms with E-state index in [0.717, 1.165) is 32.7 Å². The van der Waals surface area contributed by atoms with Gasteiger partial charge in [0.2, 0.25) is 5.91 Å². The van der Waals surface area contributed by atoms with E-state index in [1.54, 1.807) is 24.3 Å². The predicted molar refractivity (Wildman–Crippen MR) is 124 cm³/mol. The number of nitriles is 1. The molecule has 0 bridgehead atoms. The minimum atomic E-state index is -1.03. The van der Waals surface area contributed by atoms with E-state index in [1.165, 1.54) is 6.92 Å². The van der Waals surface area contributed by atoms with Crippen molar-refractivity contribution in [3.63, 3.8) is 0 Å². The fourth-order valence-electron chi connectivity index (χ4n) is 3.24. The molecule has 0 radical (unpaired) electrons. The van der Waals surface area contributed by atoms with Crippen LogP contribution in [0.3, 0.4) is 0 Å². The number of carbonyl (C=O) groups excluding carboxylic acids is 1. The lowest BCUT2D eigenvalue weighted by Gasteiger charge is -2.35. The van der Waals surface area contributed by atoms with Gasteiger partial charge in [-0.1, -0.05) is 0 Å². The summed E-state index contributed by atoms with van der Waals surface area (Å²) in [4.78, 5) is 31.9. The van der Waals surface area contributed by atoms with E-state index in [-0.39, 0.29) is 48.7 Å². The zero-order chi connectivity index (χ0) is 19.4. The van der Waals surface area contributed by atoms with Crippen molar-refractivity contribution in [3.05, 3.63) is 29.8 Å². The Hall–Kier alpha value is -2.31. The van der Waals surface area contributed by atoms with E-state index >= 15 is 0 Å². The highest BCUT2D eigenvalue weighted by molar-refractivity contribution is 6.05. The molecule has 3 rings (SSSR count). The summed E-state index contributed by atoms with van der Waals surface area (Å²) >= 11 is 0. The molecular formula is C19H24Cl3N5O3. The van der Waals surface area contributed by atoms with Crippen molar-refractivity contribution in [1.29, 1.82) is 5.26 Å². The van der Waals surface area contributed by atoms with Crippen LogP contribution in [0.15, 0.2) is 24.3 Å². The number of carboxylic acid groups (broad SMARTS) is 1. The van der Waals surface area contributed by atoms with Crippen LogP contribution in [-0.2, 0) is 4.79 Å². The molecule has 1 saturated heterocycles. The molecule has 0 saturated carbocycles. The van der Waals surface area contributed by atoms with Gasteiger partial charge in [0.15, 0.2) is 0 Å². The van der Waals surface area contributed by atoms with Crippen LogP contribution in [0.25, 0.3) is 10.9 Å². The number of carbonyl (C=O) groups is 2. The number of hydrogen-bond donors (Lipinski definition) is 2. The molecule has 164 valence electrons. The number of nitrogens with zero attached hydrogens (tertiary/aromatic N) is 4. The third-order valence-electron chi connectivity index (χ3n) is 4.58. The monoisotopic (exact) mass is 475 g/mol. The fraction of sp³-hybridized carbons (Fsp3) is 0.368. The standard InChI is InChI=1S/C19H21N5O3.3ClH/c1-13(25)21-14-3-4-17-15(11-14)16(19(26)27)12-18(22-17)24-9-7-23(8-10-24)6-2-5-20;;;/h3-4,11-12H,2,6-10H2,1H3,(H,21,25)(H,26,27);3*1H. The Kier molecular flexibility index (Phi) is 11.4. The van der Waals surface area contributed by atoms with Crippen molar-refractivity contribution in [2.45, 2.75) is 13.3 Å². The number of fused-ring (bicyclic) bond motifs is 1. The number of nitrogens with one attached hydrogen (secondary N) is 1. The SMILES string of the molecule is CC(=O)Nc1ccc2nc(N3CCN(CCC#N)CC3)cc(C(=O)O)c2c1.Cl.Cl.Cl. The largest absolute Gasteiger partial charge is 0.478 e. The van der Waals surface area contributed by atoms with Gasteiger partial charge in [0.25, 0.3) is 0 Å². The molecule has 0 spiro atoms. The summed E-state index contributed by atoms with van der Waals surface area (Å²) in [5.74, 6) is -0.617. The third-order valence-corrected chi connectivity index (χ3v) is 4.58. The van der Waals surface area contributed by atoms with E-state index in [1.807, 2.05) is 0 Å². The average molecular weight is 477 g/mol. The summed E-state index contributed by atoms with van der Waals surface area (Å²) in [6.07, 6.45) is 0.508. The van der Waals surface area contributed by atoms with Gasteiger partial charge in [0.05, 0.1) is 17.1 Å². The number of halogens is 3. The van der Waals surface area contributed by atoms with Gasteiger partial charge in [-0.05, 0) is 24.3 Å². The highest BCUT2D eigenvalue weighted by Gasteiger charge is 2.20. The van der Waals surface area contributed by atoms with E-state index < -0.39 is 5.97 Å². The third kappa shape index (κ3) is 6.61. The fourth-order valence-corrected chi connectivity index (χ4v) is 3.24. The molecule has 2 aromatic rings. The number of aromatic carboxylic acids is 1. The topological polar surface area (TPSA) is 110 Å². The molecule has 30 heavy (non-hydrogen) atoms. The molecule has 8 nitrogen and oxygen atoms in total. The lowest BCUT2D eigenvalue weighted by molar-refractivity contribution is -0.114. The average Bonchev–Trinajstić information content (AvgIpc) is 2.65. The normalized spacial score (nSPS) is 13.3. The minimum absolute atomic E-state index is 0. The molecule has 11 heteroatoms. The van der Waals surface area contributed by atoms with E-state index in [0.29, 0.717) is 28.8 Å². The van der Waals surface area contributed by atoms with Gasteiger partial charge in [0.1, 0.15) is 5.82 Å². The first-order valence-corrected chi connectivity index (χ1v) is 8.78. The molecule has 0 atom stereocenters. The number of amides is 1. The number of rotatable bonds is 5. The second-order valence-electron chi connectivity index (χ2n) is 6.48. The number of piperazine rings is 1. The van der Waals surface area contributed by atoms with Gasteiger partial charge < -0.3 is 15.3 Å². The first-order valence-electron chi connectivity index (χ1n) is 8.78. The van der Waals surface area contributed by atoms with Crippen molar-refractivity contribution in [2.24, 2.45) is 0 Å². The predicted octanol–water partition coefficient (Wildman–Crippen LogP) is 3.19. The van der Waals surface area contributed by atoms with Gasteiger partial charge in [-0.25, -0.2) is 9.78 Å². The Morgan fingerprint density at radius 1 is 1.17 bits per heavy atom. The van der Waals surface area contributed by atoms with Gasteiger partial charge in [-0.2, -0.15) is 5.26 Å². The molecule has 2 heterocycles. The summed E-state index contributed by atoms with van der Waals surface area (Å²) in [7, 11) is 0. The van der Waals surface area contributed by atoms with Crippen LogP contribution in [0.4, 0.5) is 11.5 Å².